The standard InChI is InChI=1S/C19H29NO5/c1-3-4-6-11-13(21)14-16(23)20-19(17(24)25-18(14,19)2)15(22)12-9-7-5-8-10-12/h7,9,12-15,21-22H,3-6,8,10-11H2,1-2H3,(H,20,23)/t12-,13+,14+,15+,18+,19+/m1/s1. The minimum atomic E-state index is -1.45. The third-order valence-electron chi connectivity index (χ3n) is 6.23. The lowest BCUT2D eigenvalue weighted by molar-refractivity contribution is -0.243. The number of nitrogens with one attached hydrogen (secondary N) is 1. The molecule has 2 aliphatic heterocycles. The average molecular weight is 351 g/mol. The molecule has 6 atom stereocenters. The third kappa shape index (κ3) is 2.61. The van der Waals surface area contributed by atoms with Gasteiger partial charge in [0.25, 0.3) is 0 Å². The number of carbonyl (C=O) groups is 2. The fraction of sp³-hybridized carbons (Fsp3) is 0.789. The number of amides is 1. The number of hydrogen-bond acceptors (Lipinski definition) is 5. The first-order valence-corrected chi connectivity index (χ1v) is 9.46. The molecule has 0 unspecified atom stereocenters. The summed E-state index contributed by atoms with van der Waals surface area (Å²) in [4.78, 5) is 25.0. The Morgan fingerprint density at radius 2 is 2.12 bits per heavy atom. The highest BCUT2D eigenvalue weighted by atomic mass is 16.6. The van der Waals surface area contributed by atoms with Gasteiger partial charge in [0.05, 0.1) is 12.2 Å². The van der Waals surface area contributed by atoms with E-state index in [9.17, 15) is 19.8 Å². The van der Waals surface area contributed by atoms with Gasteiger partial charge in [-0.05, 0) is 32.6 Å². The molecule has 6 nitrogen and oxygen atoms in total. The second kappa shape index (κ2) is 6.72. The van der Waals surface area contributed by atoms with Crippen molar-refractivity contribution >= 4 is 11.9 Å². The highest BCUT2D eigenvalue weighted by Gasteiger charge is 2.80. The predicted molar refractivity (Wildman–Crippen MR) is 91.5 cm³/mol. The van der Waals surface area contributed by atoms with Gasteiger partial charge in [0, 0.05) is 5.92 Å². The van der Waals surface area contributed by atoms with Crippen LogP contribution in [0, 0.1) is 11.8 Å². The summed E-state index contributed by atoms with van der Waals surface area (Å²) in [5, 5.41) is 24.3. The molecule has 0 radical (unpaired) electrons. The maximum absolute atomic E-state index is 12.6. The molecular formula is C19H29NO5. The van der Waals surface area contributed by atoms with Gasteiger partial charge in [0.15, 0.2) is 5.60 Å². The third-order valence-corrected chi connectivity index (χ3v) is 6.23. The Morgan fingerprint density at radius 1 is 1.36 bits per heavy atom. The van der Waals surface area contributed by atoms with Crippen LogP contribution in [-0.2, 0) is 14.3 Å². The van der Waals surface area contributed by atoms with Crippen molar-refractivity contribution in [2.45, 2.75) is 82.1 Å². The van der Waals surface area contributed by atoms with E-state index in [1.54, 1.807) is 6.92 Å². The van der Waals surface area contributed by atoms with E-state index in [0.717, 1.165) is 38.5 Å². The fourth-order valence-corrected chi connectivity index (χ4v) is 4.74. The Kier molecular flexibility index (Phi) is 4.95. The summed E-state index contributed by atoms with van der Waals surface area (Å²) >= 11 is 0. The van der Waals surface area contributed by atoms with Crippen molar-refractivity contribution in [2.24, 2.45) is 11.8 Å². The number of aliphatic hydroxyl groups excluding tert-OH is 2. The van der Waals surface area contributed by atoms with Gasteiger partial charge in [-0.25, -0.2) is 4.79 Å². The molecule has 3 rings (SSSR count). The molecule has 6 heteroatoms. The smallest absolute Gasteiger partial charge is 0.339 e. The van der Waals surface area contributed by atoms with Crippen LogP contribution in [0.25, 0.3) is 0 Å². The van der Waals surface area contributed by atoms with Crippen molar-refractivity contribution in [3.05, 3.63) is 12.2 Å². The molecular weight excluding hydrogens is 322 g/mol. The number of esters is 1. The zero-order valence-corrected chi connectivity index (χ0v) is 15.0. The lowest BCUT2D eigenvalue weighted by Gasteiger charge is -2.55. The molecule has 140 valence electrons. The van der Waals surface area contributed by atoms with Crippen molar-refractivity contribution in [1.82, 2.24) is 5.32 Å². The summed E-state index contributed by atoms with van der Waals surface area (Å²) in [5.41, 5.74) is -2.66. The molecule has 1 amide bonds. The van der Waals surface area contributed by atoms with Crippen molar-refractivity contribution in [2.75, 3.05) is 0 Å². The van der Waals surface area contributed by atoms with E-state index in [4.69, 9.17) is 4.74 Å². The molecule has 2 fully saturated rings. The van der Waals surface area contributed by atoms with Crippen LogP contribution in [0.15, 0.2) is 12.2 Å². The van der Waals surface area contributed by atoms with E-state index in [1.165, 1.54) is 0 Å². The molecule has 3 aliphatic rings. The molecule has 1 aliphatic carbocycles. The minimum Gasteiger partial charge on any atom is -0.453 e. The molecule has 0 spiro atoms. The largest absolute Gasteiger partial charge is 0.453 e. The number of carbonyl (C=O) groups excluding carboxylic acids is 2. The highest BCUT2D eigenvalue weighted by molar-refractivity contribution is 6.02. The summed E-state index contributed by atoms with van der Waals surface area (Å²) < 4.78 is 5.41. The molecule has 0 bridgehead atoms. The van der Waals surface area contributed by atoms with E-state index in [2.05, 4.69) is 12.2 Å². The number of unbranched alkanes of at least 4 members (excludes halogenated alkanes) is 2. The second-order valence-corrected chi connectivity index (χ2v) is 7.80. The maximum atomic E-state index is 12.6. The first kappa shape index (κ1) is 18.4. The lowest BCUT2D eigenvalue weighted by Crippen LogP contribution is -2.80. The van der Waals surface area contributed by atoms with Crippen molar-refractivity contribution in [3.8, 4) is 0 Å². The summed E-state index contributed by atoms with van der Waals surface area (Å²) in [6, 6.07) is 0. The number of aliphatic hydroxyl groups is 2. The molecule has 0 aromatic carbocycles. The van der Waals surface area contributed by atoms with Crippen molar-refractivity contribution in [3.63, 3.8) is 0 Å². The molecule has 2 heterocycles. The van der Waals surface area contributed by atoms with Crippen molar-refractivity contribution < 1.29 is 24.5 Å². The topological polar surface area (TPSA) is 95.9 Å². The first-order valence-electron chi connectivity index (χ1n) is 9.46. The van der Waals surface area contributed by atoms with Crippen LogP contribution in [0.5, 0.6) is 0 Å². The Hall–Kier alpha value is -1.40. The predicted octanol–water partition coefficient (Wildman–Crippen LogP) is 1.45. The number of hydrogen-bond donors (Lipinski definition) is 3. The molecule has 0 aromatic heterocycles. The van der Waals surface area contributed by atoms with Gasteiger partial charge in [-0.2, -0.15) is 0 Å². The molecule has 2 saturated heterocycles. The van der Waals surface area contributed by atoms with Gasteiger partial charge >= 0.3 is 5.97 Å². The second-order valence-electron chi connectivity index (χ2n) is 7.80. The van der Waals surface area contributed by atoms with E-state index in [1.807, 2.05) is 12.2 Å². The van der Waals surface area contributed by atoms with Gasteiger partial charge in [-0.15, -0.1) is 0 Å². The summed E-state index contributed by atoms with van der Waals surface area (Å²) in [7, 11) is 0. The summed E-state index contributed by atoms with van der Waals surface area (Å²) in [6.45, 7) is 3.73. The summed E-state index contributed by atoms with van der Waals surface area (Å²) in [6.07, 6.45) is 7.95. The Bertz CT molecular complexity index is 576. The fourth-order valence-electron chi connectivity index (χ4n) is 4.74. The maximum Gasteiger partial charge on any atom is 0.339 e. The van der Waals surface area contributed by atoms with Gasteiger partial charge < -0.3 is 20.3 Å². The number of allylic oxidation sites excluding steroid dienone is 1. The van der Waals surface area contributed by atoms with Gasteiger partial charge in [0.1, 0.15) is 5.92 Å². The van der Waals surface area contributed by atoms with Gasteiger partial charge in [-0.1, -0.05) is 38.3 Å². The Balaban J connectivity index is 1.84. The number of fused-ring (bicyclic) bond motifs is 1. The monoisotopic (exact) mass is 351 g/mol. The zero-order chi connectivity index (χ0) is 18.2. The Morgan fingerprint density at radius 3 is 2.72 bits per heavy atom. The van der Waals surface area contributed by atoms with Crippen LogP contribution < -0.4 is 5.32 Å². The number of ether oxygens (including phenoxy) is 1. The highest BCUT2D eigenvalue weighted by Crippen LogP contribution is 2.53. The quantitative estimate of drug-likeness (QED) is 0.366. The molecule has 3 N–H and O–H groups in total. The van der Waals surface area contributed by atoms with E-state index >= 15 is 0 Å². The van der Waals surface area contributed by atoms with Crippen LogP contribution >= 0.6 is 0 Å². The van der Waals surface area contributed by atoms with Crippen LogP contribution in [0.2, 0.25) is 0 Å². The van der Waals surface area contributed by atoms with Gasteiger partial charge in [-0.3, -0.25) is 4.79 Å². The van der Waals surface area contributed by atoms with Crippen LogP contribution in [0.3, 0.4) is 0 Å². The molecule has 0 aromatic rings. The zero-order valence-electron chi connectivity index (χ0n) is 15.0. The molecule has 25 heavy (non-hydrogen) atoms. The van der Waals surface area contributed by atoms with Crippen LogP contribution in [0.1, 0.15) is 58.8 Å². The first-order chi connectivity index (χ1) is 11.9. The van der Waals surface area contributed by atoms with E-state index in [-0.39, 0.29) is 5.92 Å². The number of rotatable bonds is 7. The summed E-state index contributed by atoms with van der Waals surface area (Å²) in [5.74, 6) is -2.05. The minimum absolute atomic E-state index is 0.197. The normalized spacial score (nSPS) is 39.2. The SMILES string of the molecule is CCCCC[C@H](O)[C@H]1C(=O)N[C@@]2([C@@H](O)[C@@H]3C=CCCC3)C(=O)O[C@@]12C. The van der Waals surface area contributed by atoms with Crippen LogP contribution in [0.4, 0.5) is 0 Å². The van der Waals surface area contributed by atoms with Crippen LogP contribution in [-0.4, -0.2) is 45.4 Å². The molecule has 0 saturated carbocycles. The van der Waals surface area contributed by atoms with Gasteiger partial charge in [0.2, 0.25) is 11.4 Å². The Labute approximate surface area is 148 Å². The average Bonchev–Trinajstić information content (AvgIpc) is 2.78. The van der Waals surface area contributed by atoms with Crippen molar-refractivity contribution in [1.29, 1.82) is 0 Å². The van der Waals surface area contributed by atoms with E-state index < -0.39 is 41.1 Å². The lowest BCUT2D eigenvalue weighted by atomic mass is 9.64. The van der Waals surface area contributed by atoms with E-state index in [0.29, 0.717) is 6.42 Å².